The molecule has 0 fully saturated rings. The third-order valence-electron chi connectivity index (χ3n) is 2.53. The normalized spacial score (nSPS) is 18.1. The maximum absolute atomic E-state index is 5.67. The molecule has 0 aliphatic carbocycles. The van der Waals surface area contributed by atoms with Crippen LogP contribution in [0.15, 0.2) is 34.8 Å². The first kappa shape index (κ1) is 10.3. The predicted octanol–water partition coefficient (Wildman–Crippen LogP) is 2.62. The van der Waals surface area contributed by atoms with Gasteiger partial charge in [0.05, 0.1) is 25.2 Å². The van der Waals surface area contributed by atoms with Crippen LogP contribution in [0, 0.1) is 0 Å². The first-order valence-electron chi connectivity index (χ1n) is 5.50. The Bertz CT molecular complexity index is 316. The summed E-state index contributed by atoms with van der Waals surface area (Å²) in [6, 6.07) is 2.13. The van der Waals surface area contributed by atoms with Gasteiger partial charge in [0.25, 0.3) is 0 Å². The predicted molar refractivity (Wildman–Crippen MR) is 58.4 cm³/mol. The van der Waals surface area contributed by atoms with Crippen LogP contribution in [0.3, 0.4) is 0 Å². The number of likely N-dealkylation sites (N-methyl/N-ethyl adjacent to an activating group) is 1. The molecule has 0 saturated heterocycles. The summed E-state index contributed by atoms with van der Waals surface area (Å²) in [7, 11) is 0. The Hall–Kier alpha value is -1.22. The van der Waals surface area contributed by atoms with Crippen LogP contribution in [0.2, 0.25) is 0 Å². The van der Waals surface area contributed by atoms with E-state index in [0.717, 1.165) is 37.3 Å². The maximum Gasteiger partial charge on any atom is 0.114 e. The van der Waals surface area contributed by atoms with E-state index in [2.05, 4.69) is 18.3 Å². The van der Waals surface area contributed by atoms with Crippen molar-refractivity contribution in [3.05, 3.63) is 36.0 Å². The Labute approximate surface area is 90.1 Å². The SMILES string of the molecule is CCNC(C1=CCCCO1)c1ccoc1. The molecule has 1 aromatic heterocycles. The molecule has 2 rings (SSSR count). The van der Waals surface area contributed by atoms with Crippen molar-refractivity contribution in [3.63, 3.8) is 0 Å². The molecule has 0 radical (unpaired) electrons. The molecule has 1 aliphatic heterocycles. The summed E-state index contributed by atoms with van der Waals surface area (Å²) < 4.78 is 10.8. The topological polar surface area (TPSA) is 34.4 Å². The van der Waals surface area contributed by atoms with E-state index in [-0.39, 0.29) is 6.04 Å². The molecular weight excluding hydrogens is 190 g/mol. The molecule has 1 aliphatic rings. The molecule has 0 spiro atoms. The molecule has 1 atom stereocenters. The van der Waals surface area contributed by atoms with Crippen molar-refractivity contribution in [1.82, 2.24) is 5.32 Å². The molecule has 0 aromatic carbocycles. The second kappa shape index (κ2) is 5.03. The Morgan fingerprint density at radius 1 is 1.53 bits per heavy atom. The van der Waals surface area contributed by atoms with Crippen LogP contribution in [-0.4, -0.2) is 13.2 Å². The van der Waals surface area contributed by atoms with Gasteiger partial charge in [0.1, 0.15) is 5.76 Å². The minimum absolute atomic E-state index is 0.147. The number of allylic oxidation sites excluding steroid dienone is 1. The van der Waals surface area contributed by atoms with E-state index in [4.69, 9.17) is 9.15 Å². The third kappa shape index (κ3) is 2.42. The molecule has 2 heterocycles. The molecular formula is C12H17NO2. The van der Waals surface area contributed by atoms with E-state index in [1.807, 2.05) is 6.07 Å². The van der Waals surface area contributed by atoms with Gasteiger partial charge in [0.2, 0.25) is 0 Å². The van der Waals surface area contributed by atoms with Crippen LogP contribution in [0.4, 0.5) is 0 Å². The zero-order valence-electron chi connectivity index (χ0n) is 9.03. The lowest BCUT2D eigenvalue weighted by Gasteiger charge is -2.23. The molecule has 1 N–H and O–H groups in total. The second-order valence-electron chi connectivity index (χ2n) is 3.64. The highest BCUT2D eigenvalue weighted by molar-refractivity contribution is 5.22. The van der Waals surface area contributed by atoms with E-state index < -0.39 is 0 Å². The van der Waals surface area contributed by atoms with E-state index >= 15 is 0 Å². The highest BCUT2D eigenvalue weighted by Gasteiger charge is 2.19. The van der Waals surface area contributed by atoms with Crippen LogP contribution in [0.25, 0.3) is 0 Å². The van der Waals surface area contributed by atoms with E-state index in [0.29, 0.717) is 0 Å². The van der Waals surface area contributed by atoms with Gasteiger partial charge in [-0.25, -0.2) is 0 Å². The van der Waals surface area contributed by atoms with Crippen molar-refractivity contribution in [3.8, 4) is 0 Å². The number of rotatable bonds is 4. The molecule has 0 bridgehead atoms. The molecule has 82 valence electrons. The molecule has 1 aromatic rings. The van der Waals surface area contributed by atoms with Crippen molar-refractivity contribution in [1.29, 1.82) is 0 Å². The highest BCUT2D eigenvalue weighted by atomic mass is 16.5. The lowest BCUT2D eigenvalue weighted by Crippen LogP contribution is -2.24. The lowest BCUT2D eigenvalue weighted by molar-refractivity contribution is 0.168. The summed E-state index contributed by atoms with van der Waals surface area (Å²) in [6.45, 7) is 3.83. The summed E-state index contributed by atoms with van der Waals surface area (Å²) in [5.41, 5.74) is 1.13. The number of nitrogens with one attached hydrogen (secondary N) is 1. The minimum Gasteiger partial charge on any atom is -0.496 e. The Kier molecular flexibility index (Phi) is 3.45. The van der Waals surface area contributed by atoms with Gasteiger partial charge in [-0.1, -0.05) is 6.92 Å². The van der Waals surface area contributed by atoms with E-state index in [9.17, 15) is 0 Å². The number of furan rings is 1. The quantitative estimate of drug-likeness (QED) is 0.824. The molecule has 3 heteroatoms. The Morgan fingerprint density at radius 3 is 3.07 bits per heavy atom. The van der Waals surface area contributed by atoms with Crippen molar-refractivity contribution >= 4 is 0 Å². The van der Waals surface area contributed by atoms with Crippen LogP contribution in [-0.2, 0) is 4.74 Å². The molecule has 0 amide bonds. The molecule has 3 nitrogen and oxygen atoms in total. The first-order chi connectivity index (χ1) is 7.42. The summed E-state index contributed by atoms with van der Waals surface area (Å²) >= 11 is 0. The van der Waals surface area contributed by atoms with Gasteiger partial charge in [-0.2, -0.15) is 0 Å². The highest BCUT2D eigenvalue weighted by Crippen LogP contribution is 2.26. The Balaban J connectivity index is 2.15. The summed E-state index contributed by atoms with van der Waals surface area (Å²) in [6.07, 6.45) is 7.86. The standard InChI is InChI=1S/C12H17NO2/c1-2-13-12(10-6-8-14-9-10)11-5-3-4-7-15-11/h5-6,8-9,12-13H,2-4,7H2,1H3. The van der Waals surface area contributed by atoms with Crippen molar-refractivity contribution in [2.75, 3.05) is 13.2 Å². The van der Waals surface area contributed by atoms with Crippen LogP contribution in [0.1, 0.15) is 31.4 Å². The van der Waals surface area contributed by atoms with Gasteiger partial charge >= 0.3 is 0 Å². The van der Waals surface area contributed by atoms with E-state index in [1.165, 1.54) is 0 Å². The summed E-state index contributed by atoms with van der Waals surface area (Å²) in [5, 5.41) is 3.40. The zero-order valence-corrected chi connectivity index (χ0v) is 9.03. The fourth-order valence-corrected chi connectivity index (χ4v) is 1.80. The smallest absolute Gasteiger partial charge is 0.114 e. The van der Waals surface area contributed by atoms with Gasteiger partial charge < -0.3 is 14.5 Å². The molecule has 1 unspecified atom stereocenters. The fraction of sp³-hybridized carbons (Fsp3) is 0.500. The summed E-state index contributed by atoms with van der Waals surface area (Å²) in [4.78, 5) is 0. The summed E-state index contributed by atoms with van der Waals surface area (Å²) in [5.74, 6) is 1.03. The van der Waals surface area contributed by atoms with Gasteiger partial charge in [-0.15, -0.1) is 0 Å². The molecule has 0 saturated carbocycles. The lowest BCUT2D eigenvalue weighted by atomic mass is 10.1. The molecule has 15 heavy (non-hydrogen) atoms. The van der Waals surface area contributed by atoms with Crippen LogP contribution >= 0.6 is 0 Å². The number of hydrogen-bond donors (Lipinski definition) is 1. The van der Waals surface area contributed by atoms with Crippen molar-refractivity contribution in [2.24, 2.45) is 0 Å². The fourth-order valence-electron chi connectivity index (χ4n) is 1.80. The second-order valence-corrected chi connectivity index (χ2v) is 3.64. The van der Waals surface area contributed by atoms with Gasteiger partial charge in [-0.3, -0.25) is 0 Å². The van der Waals surface area contributed by atoms with E-state index in [1.54, 1.807) is 12.5 Å². The average molecular weight is 207 g/mol. The van der Waals surface area contributed by atoms with Gasteiger partial charge in [0.15, 0.2) is 0 Å². The zero-order chi connectivity index (χ0) is 10.5. The van der Waals surface area contributed by atoms with Gasteiger partial charge in [-0.05, 0) is 31.5 Å². The maximum atomic E-state index is 5.67. The number of ether oxygens (including phenoxy) is 1. The van der Waals surface area contributed by atoms with Gasteiger partial charge in [0, 0.05) is 5.56 Å². The number of hydrogen-bond acceptors (Lipinski definition) is 3. The first-order valence-corrected chi connectivity index (χ1v) is 5.50. The average Bonchev–Trinajstić information content (AvgIpc) is 2.80. The third-order valence-corrected chi connectivity index (χ3v) is 2.53. The van der Waals surface area contributed by atoms with Crippen molar-refractivity contribution in [2.45, 2.75) is 25.8 Å². The monoisotopic (exact) mass is 207 g/mol. The minimum atomic E-state index is 0.147. The Morgan fingerprint density at radius 2 is 2.47 bits per heavy atom. The van der Waals surface area contributed by atoms with Crippen molar-refractivity contribution < 1.29 is 9.15 Å². The van der Waals surface area contributed by atoms with Crippen LogP contribution < -0.4 is 5.32 Å². The van der Waals surface area contributed by atoms with Crippen LogP contribution in [0.5, 0.6) is 0 Å². The largest absolute Gasteiger partial charge is 0.496 e.